The van der Waals surface area contributed by atoms with Crippen LogP contribution in [0, 0.1) is 0 Å². The van der Waals surface area contributed by atoms with Crippen LogP contribution in [0.4, 0.5) is 4.79 Å². The molecule has 5 nitrogen and oxygen atoms in total. The average molecular weight is 323 g/mol. The fourth-order valence-corrected chi connectivity index (χ4v) is 2.02. The molecule has 0 heterocycles. The number of benzene rings is 1. The predicted octanol–water partition coefficient (Wildman–Crippen LogP) is 3.25. The minimum Gasteiger partial charge on any atom is -0.488 e. The second-order valence-electron chi connectivity index (χ2n) is 6.72. The summed E-state index contributed by atoms with van der Waals surface area (Å²) in [5.74, 6) is 0.786. The zero-order valence-corrected chi connectivity index (χ0v) is 14.8. The molecule has 23 heavy (non-hydrogen) atoms. The van der Waals surface area contributed by atoms with Crippen molar-refractivity contribution in [2.45, 2.75) is 52.2 Å². The largest absolute Gasteiger partial charge is 0.488 e. The molecule has 0 radical (unpaired) electrons. The molecule has 5 heteroatoms. The molecular weight excluding hydrogens is 294 g/mol. The molecule has 0 aliphatic rings. The quantitative estimate of drug-likeness (QED) is 0.837. The van der Waals surface area contributed by atoms with Gasteiger partial charge in [0.25, 0.3) is 0 Å². The van der Waals surface area contributed by atoms with Crippen LogP contribution < -0.4 is 4.74 Å². The lowest BCUT2D eigenvalue weighted by atomic mass is 10.1. The Labute approximate surface area is 139 Å². The molecule has 1 aromatic rings. The summed E-state index contributed by atoms with van der Waals surface area (Å²) in [6.07, 6.45) is 1.06. The SMILES string of the molecule is C[C@H](CO)Oc1ccccc1CCCN(C)C(=O)OC(C)(C)C. The van der Waals surface area contributed by atoms with Crippen LogP contribution >= 0.6 is 0 Å². The Morgan fingerprint density at radius 3 is 2.57 bits per heavy atom. The van der Waals surface area contributed by atoms with Crippen LogP contribution in [0.3, 0.4) is 0 Å². The van der Waals surface area contributed by atoms with E-state index in [9.17, 15) is 4.79 Å². The van der Waals surface area contributed by atoms with E-state index >= 15 is 0 Å². The van der Waals surface area contributed by atoms with Gasteiger partial charge >= 0.3 is 6.09 Å². The number of rotatable bonds is 7. The first kappa shape index (κ1) is 19.3. The molecule has 130 valence electrons. The zero-order valence-electron chi connectivity index (χ0n) is 14.8. The van der Waals surface area contributed by atoms with Crippen LogP contribution in [0.25, 0.3) is 0 Å². The number of nitrogens with zero attached hydrogens (tertiary/aromatic N) is 1. The minimum absolute atomic E-state index is 0.0181. The lowest BCUT2D eigenvalue weighted by Crippen LogP contribution is -2.34. The Balaban J connectivity index is 2.51. The number of hydrogen-bond donors (Lipinski definition) is 1. The second kappa shape index (κ2) is 8.77. The highest BCUT2D eigenvalue weighted by Crippen LogP contribution is 2.21. The Morgan fingerprint density at radius 1 is 1.30 bits per heavy atom. The molecule has 0 aliphatic heterocycles. The highest BCUT2D eigenvalue weighted by Gasteiger charge is 2.19. The maximum absolute atomic E-state index is 11.9. The number of aliphatic hydroxyl groups is 1. The van der Waals surface area contributed by atoms with Crippen molar-refractivity contribution in [1.29, 1.82) is 0 Å². The molecular formula is C18H29NO4. The highest BCUT2D eigenvalue weighted by molar-refractivity contribution is 5.67. The molecule has 1 aromatic carbocycles. The number of aryl methyl sites for hydroxylation is 1. The summed E-state index contributed by atoms with van der Waals surface area (Å²) < 4.78 is 11.0. The highest BCUT2D eigenvalue weighted by atomic mass is 16.6. The van der Waals surface area contributed by atoms with Crippen molar-refractivity contribution in [3.05, 3.63) is 29.8 Å². The lowest BCUT2D eigenvalue weighted by Gasteiger charge is -2.24. The zero-order chi connectivity index (χ0) is 17.5. The molecule has 0 unspecified atom stereocenters. The van der Waals surface area contributed by atoms with Gasteiger partial charge in [0.05, 0.1) is 6.61 Å². The molecule has 1 amide bonds. The molecule has 0 saturated carbocycles. The van der Waals surface area contributed by atoms with Gasteiger partial charge in [-0.25, -0.2) is 4.79 Å². The van der Waals surface area contributed by atoms with Gasteiger partial charge in [-0.2, -0.15) is 0 Å². The molecule has 1 rings (SSSR count). The minimum atomic E-state index is -0.480. The summed E-state index contributed by atoms with van der Waals surface area (Å²) >= 11 is 0. The van der Waals surface area contributed by atoms with E-state index in [1.54, 1.807) is 11.9 Å². The standard InChI is InChI=1S/C18H29NO4/c1-14(13-20)22-16-11-7-6-9-15(16)10-8-12-19(5)17(21)23-18(2,3)4/h6-7,9,11,14,20H,8,10,12-13H2,1-5H3/t14-/m1/s1. The van der Waals surface area contributed by atoms with Gasteiger partial charge in [0.15, 0.2) is 0 Å². The Kier molecular flexibility index (Phi) is 7.36. The number of carbonyl (C=O) groups excluding carboxylic acids is 1. The van der Waals surface area contributed by atoms with Gasteiger partial charge < -0.3 is 19.5 Å². The molecule has 0 aliphatic carbocycles. The lowest BCUT2D eigenvalue weighted by molar-refractivity contribution is 0.0297. The maximum atomic E-state index is 11.9. The van der Waals surface area contributed by atoms with E-state index in [1.165, 1.54) is 0 Å². The smallest absolute Gasteiger partial charge is 0.410 e. The van der Waals surface area contributed by atoms with Crippen molar-refractivity contribution in [3.8, 4) is 5.75 Å². The summed E-state index contributed by atoms with van der Waals surface area (Å²) in [4.78, 5) is 13.5. The van der Waals surface area contributed by atoms with Gasteiger partial charge in [-0.1, -0.05) is 18.2 Å². The van der Waals surface area contributed by atoms with Crippen molar-refractivity contribution in [2.24, 2.45) is 0 Å². The predicted molar refractivity (Wildman–Crippen MR) is 90.8 cm³/mol. The van der Waals surface area contributed by atoms with E-state index < -0.39 is 5.60 Å². The maximum Gasteiger partial charge on any atom is 0.410 e. The normalized spacial score (nSPS) is 12.6. The first-order valence-corrected chi connectivity index (χ1v) is 8.02. The molecule has 0 bridgehead atoms. The number of ether oxygens (including phenoxy) is 2. The van der Waals surface area contributed by atoms with Gasteiger partial charge in [-0.05, 0) is 52.2 Å². The van der Waals surface area contributed by atoms with Crippen LogP contribution in [-0.2, 0) is 11.2 Å². The molecule has 0 spiro atoms. The third-order valence-corrected chi connectivity index (χ3v) is 3.20. The van der Waals surface area contributed by atoms with Crippen LogP contribution in [0.5, 0.6) is 5.75 Å². The van der Waals surface area contributed by atoms with Crippen molar-refractivity contribution < 1.29 is 19.4 Å². The third-order valence-electron chi connectivity index (χ3n) is 3.20. The van der Waals surface area contributed by atoms with Gasteiger partial charge in [0.2, 0.25) is 0 Å². The fraction of sp³-hybridized carbons (Fsp3) is 0.611. The third kappa shape index (κ3) is 7.37. The van der Waals surface area contributed by atoms with Crippen molar-refractivity contribution >= 4 is 6.09 Å². The molecule has 1 atom stereocenters. The monoisotopic (exact) mass is 323 g/mol. The van der Waals surface area contributed by atoms with Crippen LogP contribution in [0.1, 0.15) is 39.7 Å². The van der Waals surface area contributed by atoms with Crippen LogP contribution in [0.15, 0.2) is 24.3 Å². The molecule has 1 N–H and O–H groups in total. The van der Waals surface area contributed by atoms with E-state index in [1.807, 2.05) is 52.0 Å². The topological polar surface area (TPSA) is 59.0 Å². The van der Waals surface area contributed by atoms with Gasteiger partial charge in [-0.3, -0.25) is 0 Å². The van der Waals surface area contributed by atoms with Gasteiger partial charge in [-0.15, -0.1) is 0 Å². The first-order valence-electron chi connectivity index (χ1n) is 8.02. The summed E-state index contributed by atoms with van der Waals surface area (Å²) in [6.45, 7) is 7.99. The van der Waals surface area contributed by atoms with Gasteiger partial charge in [0, 0.05) is 13.6 Å². The summed E-state index contributed by atoms with van der Waals surface area (Å²) in [5, 5.41) is 9.11. The molecule has 0 aromatic heterocycles. The number of amides is 1. The number of hydrogen-bond acceptors (Lipinski definition) is 4. The molecule has 0 saturated heterocycles. The van der Waals surface area contributed by atoms with E-state index in [-0.39, 0.29) is 18.8 Å². The van der Waals surface area contributed by atoms with E-state index in [0.29, 0.717) is 6.54 Å². The Morgan fingerprint density at radius 2 is 1.96 bits per heavy atom. The molecule has 0 fully saturated rings. The van der Waals surface area contributed by atoms with Gasteiger partial charge in [0.1, 0.15) is 17.5 Å². The van der Waals surface area contributed by atoms with Crippen molar-refractivity contribution in [2.75, 3.05) is 20.2 Å². The van der Waals surface area contributed by atoms with E-state index in [0.717, 1.165) is 24.2 Å². The number of carbonyl (C=O) groups is 1. The summed E-state index contributed by atoms with van der Waals surface area (Å²) in [5.41, 5.74) is 0.594. The second-order valence-corrected chi connectivity index (χ2v) is 6.72. The fourth-order valence-electron chi connectivity index (χ4n) is 2.02. The number of aliphatic hydroxyl groups excluding tert-OH is 1. The Hall–Kier alpha value is -1.75. The van der Waals surface area contributed by atoms with E-state index in [2.05, 4.69) is 0 Å². The van der Waals surface area contributed by atoms with Crippen molar-refractivity contribution in [1.82, 2.24) is 4.90 Å². The Bertz CT molecular complexity index is 496. The summed E-state index contributed by atoms with van der Waals surface area (Å²) in [7, 11) is 1.74. The van der Waals surface area contributed by atoms with Crippen molar-refractivity contribution in [3.63, 3.8) is 0 Å². The summed E-state index contributed by atoms with van der Waals surface area (Å²) in [6, 6.07) is 7.78. The van der Waals surface area contributed by atoms with Crippen LogP contribution in [0.2, 0.25) is 0 Å². The average Bonchev–Trinajstić information content (AvgIpc) is 2.46. The number of para-hydroxylation sites is 1. The van der Waals surface area contributed by atoms with E-state index in [4.69, 9.17) is 14.6 Å². The van der Waals surface area contributed by atoms with Crippen LogP contribution in [-0.4, -0.2) is 48.0 Å². The first-order chi connectivity index (χ1) is 10.7.